The zero-order valence-corrected chi connectivity index (χ0v) is 13.8. The molecule has 1 aliphatic rings. The number of nitrogens with two attached hydrogens (primary N) is 1. The molecule has 1 fully saturated rings. The summed E-state index contributed by atoms with van der Waals surface area (Å²) >= 11 is 1.80. The lowest BCUT2D eigenvalue weighted by molar-refractivity contribution is -0.132. The molecule has 5 heteroatoms. The van der Waals surface area contributed by atoms with Gasteiger partial charge in [-0.15, -0.1) is 11.3 Å². The minimum Gasteiger partial charge on any atom is -0.340 e. The summed E-state index contributed by atoms with van der Waals surface area (Å²) < 4.78 is 0. The second-order valence-corrected chi connectivity index (χ2v) is 6.82. The van der Waals surface area contributed by atoms with E-state index in [1.165, 1.54) is 4.88 Å². The van der Waals surface area contributed by atoms with E-state index in [4.69, 9.17) is 5.73 Å². The standard InChI is InChI=1S/C16H27N3OS/c1-2-3-7-15(17)16(20)19-9-5-8-18(10-11-19)13-14-6-4-12-21-14/h4,6,12,15H,2-3,5,7-11,13,17H2,1H3. The molecule has 1 aromatic heterocycles. The molecule has 0 spiro atoms. The number of hydrogen-bond donors (Lipinski definition) is 1. The molecule has 1 unspecified atom stereocenters. The van der Waals surface area contributed by atoms with Crippen LogP contribution < -0.4 is 5.73 Å². The Labute approximate surface area is 131 Å². The highest BCUT2D eigenvalue weighted by Gasteiger charge is 2.23. The smallest absolute Gasteiger partial charge is 0.239 e. The fourth-order valence-corrected chi connectivity index (χ4v) is 3.50. The molecule has 0 aromatic carbocycles. The van der Waals surface area contributed by atoms with Gasteiger partial charge in [-0.3, -0.25) is 9.69 Å². The largest absolute Gasteiger partial charge is 0.340 e. The molecule has 118 valence electrons. The van der Waals surface area contributed by atoms with Gasteiger partial charge in [-0.25, -0.2) is 0 Å². The van der Waals surface area contributed by atoms with Gasteiger partial charge in [-0.1, -0.05) is 25.8 Å². The average molecular weight is 309 g/mol. The molecule has 21 heavy (non-hydrogen) atoms. The molecular formula is C16H27N3OS. The van der Waals surface area contributed by atoms with Gasteiger partial charge in [-0.2, -0.15) is 0 Å². The van der Waals surface area contributed by atoms with Gasteiger partial charge in [0.15, 0.2) is 0 Å². The maximum absolute atomic E-state index is 12.4. The van der Waals surface area contributed by atoms with Crippen molar-refractivity contribution in [2.75, 3.05) is 26.2 Å². The van der Waals surface area contributed by atoms with E-state index in [1.54, 1.807) is 11.3 Å². The normalized spacial score (nSPS) is 18.5. The van der Waals surface area contributed by atoms with Crippen molar-refractivity contribution >= 4 is 17.2 Å². The molecule has 1 amide bonds. The molecule has 1 atom stereocenters. The number of unbranched alkanes of at least 4 members (excludes halogenated alkanes) is 1. The van der Waals surface area contributed by atoms with Crippen molar-refractivity contribution in [1.82, 2.24) is 9.80 Å². The van der Waals surface area contributed by atoms with E-state index in [0.717, 1.165) is 58.4 Å². The molecule has 0 aliphatic carbocycles. The molecule has 4 nitrogen and oxygen atoms in total. The molecule has 0 bridgehead atoms. The second kappa shape index (κ2) is 8.51. The summed E-state index contributed by atoms with van der Waals surface area (Å²) in [6.07, 6.45) is 3.98. The van der Waals surface area contributed by atoms with Crippen LogP contribution in [0.25, 0.3) is 0 Å². The van der Waals surface area contributed by atoms with Crippen LogP contribution in [0.2, 0.25) is 0 Å². The Kier molecular flexibility index (Phi) is 6.67. The van der Waals surface area contributed by atoms with Crippen LogP contribution in [-0.2, 0) is 11.3 Å². The van der Waals surface area contributed by atoms with Crippen LogP contribution >= 0.6 is 11.3 Å². The molecule has 2 N–H and O–H groups in total. The van der Waals surface area contributed by atoms with Crippen LogP contribution in [0, 0.1) is 0 Å². The van der Waals surface area contributed by atoms with Gasteiger partial charge in [0, 0.05) is 37.6 Å². The fraction of sp³-hybridized carbons (Fsp3) is 0.688. The predicted octanol–water partition coefficient (Wildman–Crippen LogP) is 2.30. The molecule has 2 heterocycles. The monoisotopic (exact) mass is 309 g/mol. The SMILES string of the molecule is CCCCC(N)C(=O)N1CCCN(Cc2cccs2)CC1. The van der Waals surface area contributed by atoms with Gasteiger partial charge < -0.3 is 10.6 Å². The Balaban J connectivity index is 1.81. The number of thiophene rings is 1. The minimum atomic E-state index is -0.311. The summed E-state index contributed by atoms with van der Waals surface area (Å²) in [6.45, 7) is 6.80. The summed E-state index contributed by atoms with van der Waals surface area (Å²) in [5.41, 5.74) is 6.03. The lowest BCUT2D eigenvalue weighted by atomic mass is 10.1. The first-order chi connectivity index (χ1) is 10.2. The van der Waals surface area contributed by atoms with Gasteiger partial charge in [0.2, 0.25) is 5.91 Å². The summed E-state index contributed by atoms with van der Waals surface area (Å²) in [6, 6.07) is 3.97. The van der Waals surface area contributed by atoms with Crippen molar-refractivity contribution in [3.63, 3.8) is 0 Å². The molecule has 0 radical (unpaired) electrons. The number of hydrogen-bond acceptors (Lipinski definition) is 4. The highest BCUT2D eigenvalue weighted by atomic mass is 32.1. The second-order valence-electron chi connectivity index (χ2n) is 5.78. The Morgan fingerprint density at radius 2 is 2.24 bits per heavy atom. The lowest BCUT2D eigenvalue weighted by Gasteiger charge is -2.24. The fourth-order valence-electron chi connectivity index (χ4n) is 2.75. The third-order valence-corrected chi connectivity index (χ3v) is 4.91. The molecule has 1 saturated heterocycles. The molecular weight excluding hydrogens is 282 g/mol. The van der Waals surface area contributed by atoms with Gasteiger partial charge in [0.1, 0.15) is 0 Å². The number of rotatable bonds is 6. The molecule has 0 saturated carbocycles. The first-order valence-corrected chi connectivity index (χ1v) is 8.87. The lowest BCUT2D eigenvalue weighted by Crippen LogP contribution is -2.45. The van der Waals surface area contributed by atoms with E-state index in [2.05, 4.69) is 29.3 Å². The predicted molar refractivity (Wildman–Crippen MR) is 88.3 cm³/mol. The zero-order valence-electron chi connectivity index (χ0n) is 13.0. The first kappa shape index (κ1) is 16.5. The Morgan fingerprint density at radius 3 is 2.95 bits per heavy atom. The van der Waals surface area contributed by atoms with Gasteiger partial charge in [-0.05, 0) is 24.3 Å². The minimum absolute atomic E-state index is 0.140. The van der Waals surface area contributed by atoms with E-state index in [-0.39, 0.29) is 11.9 Å². The molecule has 1 aromatic rings. The Hall–Kier alpha value is -0.910. The van der Waals surface area contributed by atoms with Crippen molar-refractivity contribution in [2.24, 2.45) is 5.73 Å². The highest BCUT2D eigenvalue weighted by molar-refractivity contribution is 7.09. The Morgan fingerprint density at radius 1 is 1.38 bits per heavy atom. The average Bonchev–Trinajstić information content (AvgIpc) is 2.89. The zero-order chi connectivity index (χ0) is 15.1. The summed E-state index contributed by atoms with van der Waals surface area (Å²) in [5.74, 6) is 0.140. The van der Waals surface area contributed by atoms with Gasteiger partial charge >= 0.3 is 0 Å². The van der Waals surface area contributed by atoms with Crippen LogP contribution in [0.1, 0.15) is 37.5 Å². The maximum atomic E-state index is 12.4. The van der Waals surface area contributed by atoms with Crippen LogP contribution in [0.15, 0.2) is 17.5 Å². The van der Waals surface area contributed by atoms with E-state index in [1.807, 2.05) is 4.90 Å². The number of carbonyl (C=O) groups excluding carboxylic acids is 1. The van der Waals surface area contributed by atoms with Crippen molar-refractivity contribution in [3.05, 3.63) is 22.4 Å². The highest BCUT2D eigenvalue weighted by Crippen LogP contribution is 2.14. The molecule has 2 rings (SSSR count). The summed E-state index contributed by atoms with van der Waals surface area (Å²) in [5, 5.41) is 2.12. The summed E-state index contributed by atoms with van der Waals surface area (Å²) in [4.78, 5) is 18.2. The maximum Gasteiger partial charge on any atom is 0.239 e. The van der Waals surface area contributed by atoms with Gasteiger partial charge in [0.25, 0.3) is 0 Å². The third kappa shape index (κ3) is 5.09. The molecule has 1 aliphatic heterocycles. The topological polar surface area (TPSA) is 49.6 Å². The Bertz CT molecular complexity index is 421. The summed E-state index contributed by atoms with van der Waals surface area (Å²) in [7, 11) is 0. The first-order valence-electron chi connectivity index (χ1n) is 7.99. The van der Waals surface area contributed by atoms with E-state index in [9.17, 15) is 4.79 Å². The van der Waals surface area contributed by atoms with Crippen LogP contribution in [0.5, 0.6) is 0 Å². The number of nitrogens with zero attached hydrogens (tertiary/aromatic N) is 2. The van der Waals surface area contributed by atoms with Crippen molar-refractivity contribution in [2.45, 2.75) is 45.2 Å². The number of amides is 1. The van der Waals surface area contributed by atoms with E-state index >= 15 is 0 Å². The van der Waals surface area contributed by atoms with Crippen molar-refractivity contribution in [1.29, 1.82) is 0 Å². The number of carbonyl (C=O) groups is 1. The van der Waals surface area contributed by atoms with Crippen LogP contribution in [0.4, 0.5) is 0 Å². The van der Waals surface area contributed by atoms with E-state index < -0.39 is 0 Å². The van der Waals surface area contributed by atoms with Crippen LogP contribution in [0.3, 0.4) is 0 Å². The third-order valence-electron chi connectivity index (χ3n) is 4.05. The van der Waals surface area contributed by atoms with Crippen molar-refractivity contribution in [3.8, 4) is 0 Å². The van der Waals surface area contributed by atoms with Gasteiger partial charge in [0.05, 0.1) is 6.04 Å². The van der Waals surface area contributed by atoms with Crippen LogP contribution in [-0.4, -0.2) is 47.9 Å². The van der Waals surface area contributed by atoms with Crippen molar-refractivity contribution < 1.29 is 4.79 Å². The quantitative estimate of drug-likeness (QED) is 0.877. The van der Waals surface area contributed by atoms with E-state index in [0.29, 0.717) is 0 Å².